The van der Waals surface area contributed by atoms with E-state index in [1.54, 1.807) is 0 Å². The van der Waals surface area contributed by atoms with Gasteiger partial charge in [-0.3, -0.25) is 9.79 Å². The van der Waals surface area contributed by atoms with Crippen molar-refractivity contribution in [1.29, 1.82) is 0 Å². The highest BCUT2D eigenvalue weighted by atomic mass is 16.1. The molecule has 120 valence electrons. The van der Waals surface area contributed by atoms with Crippen molar-refractivity contribution >= 4 is 28.6 Å². The lowest BCUT2D eigenvalue weighted by Gasteiger charge is -2.34. The number of Topliss-reactive ketones (excluding diaryl/α,β-unsaturated/α-hetero) is 1. The van der Waals surface area contributed by atoms with Crippen molar-refractivity contribution in [2.45, 2.75) is 26.7 Å². The SMILES string of the molecule is CC1(C)CC(=O)[C@@H]2C(=Nc3ccccc3N=C2c2ccccc2)C1. The summed E-state index contributed by atoms with van der Waals surface area (Å²) in [4.78, 5) is 22.7. The zero-order valence-electron chi connectivity index (χ0n) is 14.0. The molecule has 0 N–H and O–H groups in total. The number of hydrogen-bond donors (Lipinski definition) is 0. The Morgan fingerprint density at radius 2 is 1.50 bits per heavy atom. The summed E-state index contributed by atoms with van der Waals surface area (Å²) < 4.78 is 0. The van der Waals surface area contributed by atoms with Crippen LogP contribution in [-0.4, -0.2) is 17.2 Å². The number of carbonyl (C=O) groups is 1. The molecule has 1 aliphatic carbocycles. The van der Waals surface area contributed by atoms with Crippen molar-refractivity contribution in [3.05, 3.63) is 60.2 Å². The first-order chi connectivity index (χ1) is 11.5. The standard InChI is InChI=1S/C21H20N2O/c1-21(2)12-17-19(18(24)13-21)20(14-8-4-3-5-9-14)23-16-11-7-6-10-15(16)22-17/h3-11,19H,12-13H2,1-2H3/t19-/m0/s1. The van der Waals surface area contributed by atoms with Gasteiger partial charge in [0.15, 0.2) is 0 Å². The largest absolute Gasteiger partial charge is 0.299 e. The van der Waals surface area contributed by atoms with Gasteiger partial charge in [-0.1, -0.05) is 56.3 Å². The molecule has 0 saturated heterocycles. The van der Waals surface area contributed by atoms with Crippen molar-refractivity contribution in [2.75, 3.05) is 0 Å². The van der Waals surface area contributed by atoms with E-state index in [-0.39, 0.29) is 17.1 Å². The van der Waals surface area contributed by atoms with Gasteiger partial charge in [-0.15, -0.1) is 0 Å². The molecule has 1 fully saturated rings. The van der Waals surface area contributed by atoms with E-state index < -0.39 is 0 Å². The molecular weight excluding hydrogens is 296 g/mol. The van der Waals surface area contributed by atoms with Crippen molar-refractivity contribution in [3.63, 3.8) is 0 Å². The molecule has 1 aliphatic heterocycles. The van der Waals surface area contributed by atoms with E-state index in [1.165, 1.54) is 0 Å². The number of carbonyl (C=O) groups excluding carboxylic acids is 1. The number of rotatable bonds is 1. The van der Waals surface area contributed by atoms with Gasteiger partial charge in [-0.05, 0) is 29.5 Å². The van der Waals surface area contributed by atoms with Gasteiger partial charge in [-0.2, -0.15) is 0 Å². The molecule has 0 spiro atoms. The van der Waals surface area contributed by atoms with E-state index in [0.717, 1.165) is 34.8 Å². The van der Waals surface area contributed by atoms with Gasteiger partial charge in [0.25, 0.3) is 0 Å². The first-order valence-electron chi connectivity index (χ1n) is 8.37. The Morgan fingerprint density at radius 1 is 0.875 bits per heavy atom. The average molecular weight is 316 g/mol. The van der Waals surface area contributed by atoms with Crippen LogP contribution in [0.4, 0.5) is 11.4 Å². The molecule has 2 aliphatic rings. The molecule has 0 bridgehead atoms. The monoisotopic (exact) mass is 316 g/mol. The molecule has 0 aromatic heterocycles. The molecule has 2 aromatic carbocycles. The Kier molecular flexibility index (Phi) is 3.45. The Labute approximate surface area is 142 Å². The second-order valence-corrected chi connectivity index (χ2v) is 7.37. The third-order valence-corrected chi connectivity index (χ3v) is 4.70. The lowest BCUT2D eigenvalue weighted by Crippen LogP contribution is -2.41. The van der Waals surface area contributed by atoms with Gasteiger partial charge < -0.3 is 0 Å². The number of aliphatic imine (C=N–C) groups is 2. The van der Waals surface area contributed by atoms with E-state index in [4.69, 9.17) is 9.98 Å². The van der Waals surface area contributed by atoms with Crippen molar-refractivity contribution < 1.29 is 4.79 Å². The topological polar surface area (TPSA) is 41.8 Å². The molecule has 2 aromatic rings. The number of benzene rings is 2. The molecule has 3 nitrogen and oxygen atoms in total. The fourth-order valence-corrected chi connectivity index (χ4v) is 3.67. The van der Waals surface area contributed by atoms with Crippen LogP contribution in [0.15, 0.2) is 64.6 Å². The van der Waals surface area contributed by atoms with Crippen LogP contribution < -0.4 is 0 Å². The highest BCUT2D eigenvalue weighted by Crippen LogP contribution is 2.41. The fourth-order valence-electron chi connectivity index (χ4n) is 3.67. The number of ketones is 1. The van der Waals surface area contributed by atoms with Crippen molar-refractivity contribution in [2.24, 2.45) is 21.3 Å². The second-order valence-electron chi connectivity index (χ2n) is 7.37. The summed E-state index contributed by atoms with van der Waals surface area (Å²) in [6.07, 6.45) is 1.39. The third-order valence-electron chi connectivity index (χ3n) is 4.70. The Morgan fingerprint density at radius 3 is 2.21 bits per heavy atom. The zero-order chi connectivity index (χ0) is 16.7. The second kappa shape index (κ2) is 5.52. The molecule has 1 saturated carbocycles. The first-order valence-corrected chi connectivity index (χ1v) is 8.37. The molecule has 24 heavy (non-hydrogen) atoms. The molecule has 0 radical (unpaired) electrons. The number of nitrogens with zero attached hydrogens (tertiary/aromatic N) is 2. The van der Waals surface area contributed by atoms with Crippen LogP contribution >= 0.6 is 0 Å². The maximum absolute atomic E-state index is 13.0. The zero-order valence-corrected chi connectivity index (χ0v) is 14.0. The van der Waals surface area contributed by atoms with Gasteiger partial charge in [0.2, 0.25) is 0 Å². The molecule has 3 heteroatoms. The molecular formula is C21H20N2O. The van der Waals surface area contributed by atoms with Gasteiger partial charge >= 0.3 is 0 Å². The van der Waals surface area contributed by atoms with Gasteiger partial charge in [-0.25, -0.2) is 4.99 Å². The van der Waals surface area contributed by atoms with Gasteiger partial charge in [0.05, 0.1) is 23.0 Å². The van der Waals surface area contributed by atoms with E-state index in [0.29, 0.717) is 6.42 Å². The van der Waals surface area contributed by atoms with E-state index in [1.807, 2.05) is 54.6 Å². The first kappa shape index (κ1) is 15.0. The minimum Gasteiger partial charge on any atom is -0.299 e. The summed E-state index contributed by atoms with van der Waals surface area (Å²) in [7, 11) is 0. The quantitative estimate of drug-likeness (QED) is 0.738. The van der Waals surface area contributed by atoms with Crippen LogP contribution in [0, 0.1) is 11.3 Å². The molecule has 0 amide bonds. The molecule has 4 rings (SSSR count). The summed E-state index contributed by atoms with van der Waals surface area (Å²) in [6, 6.07) is 17.9. The average Bonchev–Trinajstić information content (AvgIpc) is 2.70. The van der Waals surface area contributed by atoms with E-state index in [2.05, 4.69) is 13.8 Å². The summed E-state index contributed by atoms with van der Waals surface area (Å²) in [5.41, 5.74) is 4.43. The maximum Gasteiger partial charge on any atom is 0.148 e. The smallest absolute Gasteiger partial charge is 0.148 e. The lowest BCUT2D eigenvalue weighted by molar-refractivity contribution is -0.122. The van der Waals surface area contributed by atoms with Crippen LogP contribution in [0.1, 0.15) is 32.3 Å². The summed E-state index contributed by atoms with van der Waals surface area (Å²) in [6.45, 7) is 4.28. The van der Waals surface area contributed by atoms with Gasteiger partial charge in [0.1, 0.15) is 5.78 Å². The van der Waals surface area contributed by atoms with Crippen molar-refractivity contribution in [1.82, 2.24) is 0 Å². The predicted molar refractivity (Wildman–Crippen MR) is 97.7 cm³/mol. The molecule has 1 heterocycles. The summed E-state index contributed by atoms with van der Waals surface area (Å²) >= 11 is 0. The molecule has 0 unspecified atom stereocenters. The summed E-state index contributed by atoms with van der Waals surface area (Å²) in [5.74, 6) is -0.103. The Bertz CT molecular complexity index is 862. The Hall–Kier alpha value is -2.55. The van der Waals surface area contributed by atoms with Crippen LogP contribution in [0.25, 0.3) is 0 Å². The minimum atomic E-state index is -0.326. The fraction of sp³-hybridized carbons (Fsp3) is 0.286. The van der Waals surface area contributed by atoms with Crippen LogP contribution in [0.2, 0.25) is 0 Å². The highest BCUT2D eigenvalue weighted by molar-refractivity contribution is 6.30. The van der Waals surface area contributed by atoms with E-state index >= 15 is 0 Å². The minimum absolute atomic E-state index is 0.0481. The van der Waals surface area contributed by atoms with Crippen LogP contribution in [0.5, 0.6) is 0 Å². The summed E-state index contributed by atoms with van der Waals surface area (Å²) in [5, 5.41) is 0. The number of hydrogen-bond acceptors (Lipinski definition) is 3. The number of para-hydroxylation sites is 2. The van der Waals surface area contributed by atoms with Crippen LogP contribution in [-0.2, 0) is 4.79 Å². The highest BCUT2D eigenvalue weighted by Gasteiger charge is 2.41. The predicted octanol–water partition coefficient (Wildman–Crippen LogP) is 4.90. The number of fused-ring (bicyclic) bond motifs is 2. The third kappa shape index (κ3) is 2.60. The van der Waals surface area contributed by atoms with Gasteiger partial charge in [0, 0.05) is 12.1 Å². The maximum atomic E-state index is 13.0. The normalized spacial score (nSPS) is 21.9. The van der Waals surface area contributed by atoms with Crippen molar-refractivity contribution in [3.8, 4) is 0 Å². The van der Waals surface area contributed by atoms with Crippen LogP contribution in [0.3, 0.4) is 0 Å². The molecule has 1 atom stereocenters. The Balaban J connectivity index is 1.94. The van der Waals surface area contributed by atoms with E-state index in [9.17, 15) is 4.79 Å². The lowest BCUT2D eigenvalue weighted by atomic mass is 9.69.